The molecule has 0 saturated heterocycles. The molecule has 0 saturated carbocycles. The summed E-state index contributed by atoms with van der Waals surface area (Å²) in [4.78, 5) is 4.32. The summed E-state index contributed by atoms with van der Waals surface area (Å²) in [5, 5.41) is 8.38. The topological polar surface area (TPSA) is 43.1 Å². The molecule has 0 spiro atoms. The van der Waals surface area contributed by atoms with Crippen LogP contribution in [-0.2, 0) is 0 Å². The standard InChI is InChI=1S/C16H14N4/c1-3-12-11-13(9-10-14(12)17-4-2)20-16-8-6-5-7-15(16)18-19-20/h3-11H,1H2,2H3. The monoisotopic (exact) mass is 262 g/mol. The largest absolute Gasteiger partial charge is 0.261 e. The number of hydrogen-bond donors (Lipinski definition) is 0. The first kappa shape index (κ1) is 12.3. The van der Waals surface area contributed by atoms with Crippen molar-refractivity contribution < 1.29 is 0 Å². The second-order valence-electron chi connectivity index (χ2n) is 4.32. The van der Waals surface area contributed by atoms with Crippen molar-refractivity contribution in [3.05, 3.63) is 54.6 Å². The minimum absolute atomic E-state index is 0.878. The van der Waals surface area contributed by atoms with Crippen LogP contribution in [0.2, 0.25) is 0 Å². The number of aliphatic imine (C=N–C) groups is 1. The van der Waals surface area contributed by atoms with E-state index in [4.69, 9.17) is 0 Å². The van der Waals surface area contributed by atoms with Crippen LogP contribution in [-0.4, -0.2) is 21.2 Å². The molecule has 0 aliphatic heterocycles. The molecule has 0 N–H and O–H groups in total. The molecule has 0 bridgehead atoms. The van der Waals surface area contributed by atoms with E-state index in [1.807, 2.05) is 54.1 Å². The van der Waals surface area contributed by atoms with Crippen LogP contribution in [0.15, 0.2) is 54.0 Å². The van der Waals surface area contributed by atoms with Crippen LogP contribution in [0.25, 0.3) is 22.8 Å². The molecule has 4 nitrogen and oxygen atoms in total. The van der Waals surface area contributed by atoms with Gasteiger partial charge in [0.25, 0.3) is 0 Å². The number of para-hydroxylation sites is 1. The summed E-state index contributed by atoms with van der Waals surface area (Å²) in [5.41, 5.74) is 4.68. The van der Waals surface area contributed by atoms with Crippen LogP contribution < -0.4 is 0 Å². The molecule has 98 valence electrons. The normalized spacial score (nSPS) is 11.2. The van der Waals surface area contributed by atoms with E-state index in [-0.39, 0.29) is 0 Å². The lowest BCUT2D eigenvalue weighted by Crippen LogP contribution is -1.96. The lowest BCUT2D eigenvalue weighted by molar-refractivity contribution is 0.824. The molecule has 2 aromatic carbocycles. The van der Waals surface area contributed by atoms with E-state index in [1.165, 1.54) is 0 Å². The minimum Gasteiger partial charge on any atom is -0.261 e. The highest BCUT2D eigenvalue weighted by atomic mass is 15.4. The predicted octanol–water partition coefficient (Wildman–Crippen LogP) is 3.79. The third-order valence-electron chi connectivity index (χ3n) is 3.10. The molecule has 20 heavy (non-hydrogen) atoms. The van der Waals surface area contributed by atoms with Gasteiger partial charge in [-0.1, -0.05) is 30.0 Å². The van der Waals surface area contributed by atoms with Gasteiger partial charge in [0.2, 0.25) is 0 Å². The third kappa shape index (κ3) is 2.01. The summed E-state index contributed by atoms with van der Waals surface area (Å²) in [6.45, 7) is 5.73. The zero-order valence-electron chi connectivity index (χ0n) is 11.2. The zero-order valence-corrected chi connectivity index (χ0v) is 11.2. The van der Waals surface area contributed by atoms with Crippen LogP contribution >= 0.6 is 0 Å². The third-order valence-corrected chi connectivity index (χ3v) is 3.10. The van der Waals surface area contributed by atoms with Crippen LogP contribution in [0.1, 0.15) is 12.5 Å². The minimum atomic E-state index is 0.878. The smallest absolute Gasteiger partial charge is 0.113 e. The Balaban J connectivity index is 2.17. The maximum absolute atomic E-state index is 4.32. The van der Waals surface area contributed by atoms with Gasteiger partial charge >= 0.3 is 0 Å². The summed E-state index contributed by atoms with van der Waals surface area (Å²) in [6.07, 6.45) is 3.57. The zero-order chi connectivity index (χ0) is 13.9. The number of hydrogen-bond acceptors (Lipinski definition) is 3. The number of aromatic nitrogens is 3. The molecule has 0 amide bonds. The molecular formula is C16H14N4. The van der Waals surface area contributed by atoms with Gasteiger partial charge in [0.15, 0.2) is 0 Å². The van der Waals surface area contributed by atoms with E-state index in [2.05, 4.69) is 21.9 Å². The molecule has 3 aromatic rings. The van der Waals surface area contributed by atoms with Crippen LogP contribution in [0, 0.1) is 0 Å². The number of fused-ring (bicyclic) bond motifs is 1. The fraction of sp³-hybridized carbons (Fsp3) is 0.0625. The van der Waals surface area contributed by atoms with Crippen molar-refractivity contribution in [2.45, 2.75) is 6.92 Å². The van der Waals surface area contributed by atoms with Crippen molar-refractivity contribution in [2.75, 3.05) is 0 Å². The summed E-state index contributed by atoms with van der Waals surface area (Å²) in [7, 11) is 0. The highest BCUT2D eigenvalue weighted by Crippen LogP contribution is 2.24. The second-order valence-corrected chi connectivity index (χ2v) is 4.32. The van der Waals surface area contributed by atoms with Gasteiger partial charge in [-0.05, 0) is 37.3 Å². The highest BCUT2D eigenvalue weighted by Gasteiger charge is 2.07. The van der Waals surface area contributed by atoms with Crippen molar-refractivity contribution in [1.82, 2.24) is 15.0 Å². The lowest BCUT2D eigenvalue weighted by Gasteiger charge is -2.06. The second kappa shape index (κ2) is 5.09. The first-order valence-corrected chi connectivity index (χ1v) is 6.39. The van der Waals surface area contributed by atoms with Gasteiger partial charge in [-0.2, -0.15) is 0 Å². The van der Waals surface area contributed by atoms with Crippen LogP contribution in [0.4, 0.5) is 5.69 Å². The van der Waals surface area contributed by atoms with E-state index < -0.39 is 0 Å². The van der Waals surface area contributed by atoms with Crippen molar-refractivity contribution in [2.24, 2.45) is 4.99 Å². The Labute approximate surface area is 117 Å². The molecule has 0 fully saturated rings. The number of benzene rings is 2. The quantitative estimate of drug-likeness (QED) is 0.674. The maximum atomic E-state index is 4.32. The van der Waals surface area contributed by atoms with Gasteiger partial charge < -0.3 is 0 Å². The van der Waals surface area contributed by atoms with Crippen LogP contribution in [0.3, 0.4) is 0 Å². The average Bonchev–Trinajstić information content (AvgIpc) is 2.92. The Hall–Kier alpha value is -2.75. The van der Waals surface area contributed by atoms with Crippen LogP contribution in [0.5, 0.6) is 0 Å². The van der Waals surface area contributed by atoms with Gasteiger partial charge in [-0.15, -0.1) is 5.10 Å². The molecule has 3 rings (SSSR count). The van der Waals surface area contributed by atoms with Crippen molar-refractivity contribution in [3.63, 3.8) is 0 Å². The molecule has 0 unspecified atom stereocenters. The molecule has 1 heterocycles. The molecule has 0 radical (unpaired) electrons. The molecule has 0 aliphatic carbocycles. The van der Waals surface area contributed by atoms with E-state index in [9.17, 15) is 0 Å². The molecule has 0 aliphatic rings. The fourth-order valence-electron chi connectivity index (χ4n) is 2.15. The van der Waals surface area contributed by atoms with E-state index in [0.29, 0.717) is 0 Å². The van der Waals surface area contributed by atoms with Gasteiger partial charge in [0, 0.05) is 11.8 Å². The summed E-state index contributed by atoms with van der Waals surface area (Å²) >= 11 is 0. The maximum Gasteiger partial charge on any atom is 0.113 e. The number of nitrogens with zero attached hydrogens (tertiary/aromatic N) is 4. The summed E-state index contributed by atoms with van der Waals surface area (Å²) in [6, 6.07) is 13.8. The van der Waals surface area contributed by atoms with Crippen molar-refractivity contribution in [1.29, 1.82) is 0 Å². The fourth-order valence-corrected chi connectivity index (χ4v) is 2.15. The Morgan fingerprint density at radius 1 is 1.20 bits per heavy atom. The molecule has 0 atom stereocenters. The predicted molar refractivity (Wildman–Crippen MR) is 82.8 cm³/mol. The van der Waals surface area contributed by atoms with Gasteiger partial charge in [-0.25, -0.2) is 4.68 Å². The van der Waals surface area contributed by atoms with Crippen molar-refractivity contribution >= 4 is 29.0 Å². The first-order valence-electron chi connectivity index (χ1n) is 6.39. The van der Waals surface area contributed by atoms with Crippen molar-refractivity contribution in [3.8, 4) is 5.69 Å². The van der Waals surface area contributed by atoms with E-state index in [1.54, 1.807) is 12.3 Å². The Kier molecular flexibility index (Phi) is 3.13. The Bertz CT molecular complexity index is 799. The van der Waals surface area contributed by atoms with E-state index in [0.717, 1.165) is 28.0 Å². The Morgan fingerprint density at radius 2 is 2.05 bits per heavy atom. The summed E-state index contributed by atoms with van der Waals surface area (Å²) in [5.74, 6) is 0. The van der Waals surface area contributed by atoms with Gasteiger partial charge in [0.05, 0.1) is 16.9 Å². The summed E-state index contributed by atoms with van der Waals surface area (Å²) < 4.78 is 1.82. The molecular weight excluding hydrogens is 248 g/mol. The lowest BCUT2D eigenvalue weighted by atomic mass is 10.1. The first-order chi connectivity index (χ1) is 9.83. The van der Waals surface area contributed by atoms with E-state index >= 15 is 0 Å². The molecule has 4 heteroatoms. The average molecular weight is 262 g/mol. The highest BCUT2D eigenvalue weighted by molar-refractivity contribution is 5.77. The van der Waals surface area contributed by atoms with Gasteiger partial charge in [0.1, 0.15) is 5.52 Å². The Morgan fingerprint density at radius 3 is 2.85 bits per heavy atom. The van der Waals surface area contributed by atoms with Gasteiger partial charge in [-0.3, -0.25) is 4.99 Å². The molecule has 1 aromatic heterocycles. The number of rotatable bonds is 3. The SMILES string of the molecule is C=Cc1cc(-n2nnc3ccccc32)ccc1N=CC.